The normalized spacial score (nSPS) is 12.9. The number of hydrogen-bond acceptors (Lipinski definition) is 2. The Bertz CT molecular complexity index is 297. The van der Waals surface area contributed by atoms with Crippen LogP contribution in [0.3, 0.4) is 0 Å². The third-order valence-corrected chi connectivity index (χ3v) is 2.76. The van der Waals surface area contributed by atoms with Crippen molar-refractivity contribution in [3.63, 3.8) is 0 Å². The molecule has 0 aliphatic carbocycles. The third-order valence-electron chi connectivity index (χ3n) is 2.02. The standard InChI is InChI=1S/C11H15BrO2/c1-8(13)6-10-9(7-14-2)4-3-5-11(10)12/h3-5,8,13H,6-7H2,1-2H3. The summed E-state index contributed by atoms with van der Waals surface area (Å²) in [7, 11) is 1.67. The Morgan fingerprint density at radius 1 is 1.50 bits per heavy atom. The molecule has 0 saturated carbocycles. The summed E-state index contributed by atoms with van der Waals surface area (Å²) in [4.78, 5) is 0. The molecule has 78 valence electrons. The number of rotatable bonds is 4. The van der Waals surface area contributed by atoms with Crippen molar-refractivity contribution >= 4 is 15.9 Å². The summed E-state index contributed by atoms with van der Waals surface area (Å²) < 4.78 is 6.14. The second-order valence-electron chi connectivity index (χ2n) is 3.36. The monoisotopic (exact) mass is 258 g/mol. The van der Waals surface area contributed by atoms with Gasteiger partial charge in [0.2, 0.25) is 0 Å². The van der Waals surface area contributed by atoms with E-state index in [1.54, 1.807) is 14.0 Å². The van der Waals surface area contributed by atoms with Gasteiger partial charge in [-0.2, -0.15) is 0 Å². The summed E-state index contributed by atoms with van der Waals surface area (Å²) in [6.45, 7) is 2.37. The maximum atomic E-state index is 9.36. The van der Waals surface area contributed by atoms with Gasteiger partial charge >= 0.3 is 0 Å². The van der Waals surface area contributed by atoms with Crippen LogP contribution in [0.25, 0.3) is 0 Å². The Morgan fingerprint density at radius 2 is 2.21 bits per heavy atom. The molecule has 3 heteroatoms. The molecule has 1 aromatic rings. The van der Waals surface area contributed by atoms with Gasteiger partial charge in [-0.3, -0.25) is 0 Å². The highest BCUT2D eigenvalue weighted by Crippen LogP contribution is 2.22. The van der Waals surface area contributed by atoms with Crippen LogP contribution in [-0.2, 0) is 17.8 Å². The molecule has 0 bridgehead atoms. The van der Waals surface area contributed by atoms with Gasteiger partial charge in [-0.25, -0.2) is 0 Å². The lowest BCUT2D eigenvalue weighted by molar-refractivity contribution is 0.178. The second kappa shape index (κ2) is 5.49. The molecular formula is C11H15BrO2. The van der Waals surface area contributed by atoms with Gasteiger partial charge in [0.25, 0.3) is 0 Å². The Labute approximate surface area is 93.0 Å². The molecule has 14 heavy (non-hydrogen) atoms. The molecule has 1 aromatic carbocycles. The van der Waals surface area contributed by atoms with E-state index in [0.29, 0.717) is 13.0 Å². The molecule has 0 heterocycles. The highest BCUT2D eigenvalue weighted by molar-refractivity contribution is 9.10. The number of aliphatic hydroxyl groups excluding tert-OH is 1. The molecule has 0 amide bonds. The van der Waals surface area contributed by atoms with Crippen LogP contribution in [0.4, 0.5) is 0 Å². The number of halogens is 1. The first kappa shape index (κ1) is 11.7. The van der Waals surface area contributed by atoms with E-state index in [1.807, 2.05) is 18.2 Å². The molecule has 0 spiro atoms. The van der Waals surface area contributed by atoms with Gasteiger partial charge in [-0.15, -0.1) is 0 Å². The predicted molar refractivity (Wildman–Crippen MR) is 60.2 cm³/mol. The zero-order valence-electron chi connectivity index (χ0n) is 8.46. The van der Waals surface area contributed by atoms with Gasteiger partial charge in [-0.05, 0) is 30.5 Å². The molecule has 0 radical (unpaired) electrons. The Kier molecular flexibility index (Phi) is 4.58. The molecule has 1 atom stereocenters. The van der Waals surface area contributed by atoms with Crippen molar-refractivity contribution in [2.24, 2.45) is 0 Å². The van der Waals surface area contributed by atoms with E-state index in [4.69, 9.17) is 4.74 Å². The van der Waals surface area contributed by atoms with E-state index in [-0.39, 0.29) is 6.10 Å². The quantitative estimate of drug-likeness (QED) is 0.900. The lowest BCUT2D eigenvalue weighted by atomic mass is 10.0. The fraction of sp³-hybridized carbons (Fsp3) is 0.455. The van der Waals surface area contributed by atoms with E-state index in [0.717, 1.165) is 15.6 Å². The van der Waals surface area contributed by atoms with Crippen molar-refractivity contribution in [3.05, 3.63) is 33.8 Å². The van der Waals surface area contributed by atoms with Crippen LogP contribution in [0.1, 0.15) is 18.1 Å². The fourth-order valence-corrected chi connectivity index (χ4v) is 1.99. The van der Waals surface area contributed by atoms with Crippen LogP contribution in [0.5, 0.6) is 0 Å². The van der Waals surface area contributed by atoms with E-state index >= 15 is 0 Å². The molecule has 0 saturated heterocycles. The van der Waals surface area contributed by atoms with Gasteiger partial charge < -0.3 is 9.84 Å². The average Bonchev–Trinajstić information content (AvgIpc) is 2.11. The summed E-state index contributed by atoms with van der Waals surface area (Å²) in [6, 6.07) is 5.98. The van der Waals surface area contributed by atoms with Crippen molar-refractivity contribution in [2.75, 3.05) is 7.11 Å². The first-order valence-corrected chi connectivity index (χ1v) is 5.37. The lowest BCUT2D eigenvalue weighted by Crippen LogP contribution is -2.08. The SMILES string of the molecule is COCc1cccc(Br)c1CC(C)O. The summed E-state index contributed by atoms with van der Waals surface area (Å²) in [6.07, 6.45) is 0.324. The van der Waals surface area contributed by atoms with Gasteiger partial charge in [0.05, 0.1) is 12.7 Å². The predicted octanol–water partition coefficient (Wildman–Crippen LogP) is 2.52. The summed E-state index contributed by atoms with van der Waals surface area (Å²) in [5.41, 5.74) is 2.26. The lowest BCUT2D eigenvalue weighted by Gasteiger charge is -2.12. The molecule has 1 N–H and O–H groups in total. The summed E-state index contributed by atoms with van der Waals surface area (Å²) in [5, 5.41) is 9.36. The van der Waals surface area contributed by atoms with Crippen LogP contribution in [0.15, 0.2) is 22.7 Å². The van der Waals surface area contributed by atoms with E-state index in [2.05, 4.69) is 15.9 Å². The number of aliphatic hydroxyl groups is 1. The van der Waals surface area contributed by atoms with E-state index in [9.17, 15) is 5.11 Å². The highest BCUT2D eigenvalue weighted by atomic mass is 79.9. The van der Waals surface area contributed by atoms with Crippen LogP contribution in [-0.4, -0.2) is 18.3 Å². The number of ether oxygens (including phenoxy) is 1. The van der Waals surface area contributed by atoms with Gasteiger partial charge in [-0.1, -0.05) is 28.1 Å². The Morgan fingerprint density at radius 3 is 2.79 bits per heavy atom. The first-order valence-electron chi connectivity index (χ1n) is 4.58. The average molecular weight is 259 g/mol. The van der Waals surface area contributed by atoms with Crippen LogP contribution < -0.4 is 0 Å². The largest absolute Gasteiger partial charge is 0.393 e. The zero-order valence-corrected chi connectivity index (χ0v) is 10.0. The Hall–Kier alpha value is -0.380. The minimum absolute atomic E-state index is 0.329. The van der Waals surface area contributed by atoms with Gasteiger partial charge in [0.1, 0.15) is 0 Å². The zero-order chi connectivity index (χ0) is 10.6. The molecule has 0 aliphatic heterocycles. The van der Waals surface area contributed by atoms with Crippen LogP contribution >= 0.6 is 15.9 Å². The minimum atomic E-state index is -0.329. The minimum Gasteiger partial charge on any atom is -0.393 e. The maximum absolute atomic E-state index is 9.36. The number of benzene rings is 1. The van der Waals surface area contributed by atoms with Crippen molar-refractivity contribution in [3.8, 4) is 0 Å². The number of methoxy groups -OCH3 is 1. The highest BCUT2D eigenvalue weighted by Gasteiger charge is 2.08. The van der Waals surface area contributed by atoms with Gasteiger partial charge in [0, 0.05) is 11.6 Å². The van der Waals surface area contributed by atoms with Crippen molar-refractivity contribution in [2.45, 2.75) is 26.1 Å². The Balaban J connectivity index is 2.96. The molecule has 0 fully saturated rings. The van der Waals surface area contributed by atoms with E-state index in [1.165, 1.54) is 0 Å². The molecule has 0 aliphatic rings. The molecule has 0 aromatic heterocycles. The smallest absolute Gasteiger partial charge is 0.0716 e. The van der Waals surface area contributed by atoms with Crippen molar-refractivity contribution in [1.29, 1.82) is 0 Å². The third kappa shape index (κ3) is 3.08. The number of hydrogen-bond donors (Lipinski definition) is 1. The summed E-state index contributed by atoms with van der Waals surface area (Å²) >= 11 is 3.48. The topological polar surface area (TPSA) is 29.5 Å². The molecular weight excluding hydrogens is 244 g/mol. The van der Waals surface area contributed by atoms with Crippen molar-refractivity contribution in [1.82, 2.24) is 0 Å². The molecule has 1 unspecified atom stereocenters. The van der Waals surface area contributed by atoms with Crippen molar-refractivity contribution < 1.29 is 9.84 Å². The van der Waals surface area contributed by atoms with E-state index < -0.39 is 0 Å². The van der Waals surface area contributed by atoms with Crippen LogP contribution in [0, 0.1) is 0 Å². The van der Waals surface area contributed by atoms with Gasteiger partial charge in [0.15, 0.2) is 0 Å². The molecule has 1 rings (SSSR count). The van der Waals surface area contributed by atoms with Crippen LogP contribution in [0.2, 0.25) is 0 Å². The summed E-state index contributed by atoms with van der Waals surface area (Å²) in [5.74, 6) is 0. The second-order valence-corrected chi connectivity index (χ2v) is 4.22. The molecule has 2 nitrogen and oxygen atoms in total. The maximum Gasteiger partial charge on any atom is 0.0716 e. The fourth-order valence-electron chi connectivity index (χ4n) is 1.42. The first-order chi connectivity index (χ1) is 6.65.